The molecule has 3 nitrogen and oxygen atoms in total. The summed E-state index contributed by atoms with van der Waals surface area (Å²) in [6.45, 7) is 2.12. The normalized spacial score (nSPS) is 12.2. The lowest BCUT2D eigenvalue weighted by Crippen LogP contribution is -2.86. The molecule has 0 heterocycles. The van der Waals surface area contributed by atoms with Gasteiger partial charge in [-0.1, -0.05) is 53.7 Å². The molecule has 128 valence electrons. The van der Waals surface area contributed by atoms with Gasteiger partial charge < -0.3 is 10.6 Å². The van der Waals surface area contributed by atoms with Crippen molar-refractivity contribution in [2.75, 3.05) is 11.9 Å². The van der Waals surface area contributed by atoms with Crippen molar-refractivity contribution in [1.82, 2.24) is 0 Å². The van der Waals surface area contributed by atoms with E-state index in [1.54, 1.807) is 30.3 Å². The summed E-state index contributed by atoms with van der Waals surface area (Å²) in [5.41, 5.74) is 1.34. The molecule has 2 aromatic rings. The molecule has 0 saturated heterocycles. The zero-order valence-electron chi connectivity index (χ0n) is 13.0. The van der Waals surface area contributed by atoms with E-state index in [0.29, 0.717) is 27.4 Å². The molecule has 0 unspecified atom stereocenters. The summed E-state index contributed by atoms with van der Waals surface area (Å²) < 4.78 is 25.1. The van der Waals surface area contributed by atoms with Crippen molar-refractivity contribution in [1.29, 1.82) is 0 Å². The molecule has 1 amide bonds. The van der Waals surface area contributed by atoms with Crippen LogP contribution in [0.2, 0.25) is 5.02 Å². The Morgan fingerprint density at radius 1 is 1.21 bits per heavy atom. The number of quaternary nitrogens is 1. The van der Waals surface area contributed by atoms with Crippen LogP contribution in [0.15, 0.2) is 53.4 Å². The summed E-state index contributed by atoms with van der Waals surface area (Å²) in [5, 5.41) is 5.18. The molecule has 1 atom stereocenters. The number of hydrogen-bond donors (Lipinski definition) is 2. The topological polar surface area (TPSA) is 45.7 Å². The van der Waals surface area contributed by atoms with Gasteiger partial charge in [0.05, 0.1) is 5.69 Å². The van der Waals surface area contributed by atoms with Crippen LogP contribution in [0.1, 0.15) is 18.5 Å². The molecule has 0 radical (unpaired) electrons. The van der Waals surface area contributed by atoms with Gasteiger partial charge in [-0.3, -0.25) is 4.79 Å². The van der Waals surface area contributed by atoms with Crippen molar-refractivity contribution in [3.63, 3.8) is 0 Å². The van der Waals surface area contributed by atoms with E-state index in [0.717, 1.165) is 5.56 Å². The number of hydrogen-bond acceptors (Lipinski definition) is 2. The number of amides is 1. The van der Waals surface area contributed by atoms with E-state index in [9.17, 15) is 13.6 Å². The van der Waals surface area contributed by atoms with E-state index in [2.05, 4.69) is 5.32 Å². The van der Waals surface area contributed by atoms with Crippen LogP contribution < -0.4 is 10.6 Å². The van der Waals surface area contributed by atoms with Crippen molar-refractivity contribution < 1.29 is 18.9 Å². The van der Waals surface area contributed by atoms with Gasteiger partial charge >= 0.3 is 0 Å². The van der Waals surface area contributed by atoms with Gasteiger partial charge in [0.2, 0.25) is 0 Å². The first kappa shape index (κ1) is 18.7. The van der Waals surface area contributed by atoms with Gasteiger partial charge in [0.25, 0.3) is 11.7 Å². The van der Waals surface area contributed by atoms with Crippen LogP contribution in [0.5, 0.6) is 0 Å². The predicted molar refractivity (Wildman–Crippen MR) is 93.6 cm³/mol. The van der Waals surface area contributed by atoms with Gasteiger partial charge in [0, 0.05) is 15.5 Å². The van der Waals surface area contributed by atoms with E-state index in [-0.39, 0.29) is 18.5 Å². The number of carbonyl (C=O) groups is 1. The summed E-state index contributed by atoms with van der Waals surface area (Å²) in [6, 6.07) is 14.0. The molecule has 24 heavy (non-hydrogen) atoms. The second-order valence-corrected chi connectivity index (χ2v) is 6.61. The number of para-hydroxylation sites is 1. The number of alkyl halides is 2. The Kier molecular flexibility index (Phi) is 7.02. The molecule has 2 rings (SSSR count). The van der Waals surface area contributed by atoms with Crippen molar-refractivity contribution in [3.8, 4) is 0 Å². The van der Waals surface area contributed by atoms with Crippen LogP contribution in [0.3, 0.4) is 0 Å². The highest BCUT2D eigenvalue weighted by atomic mass is 35.5. The van der Waals surface area contributed by atoms with Gasteiger partial charge in [-0.2, -0.15) is 8.78 Å². The number of rotatable bonds is 7. The lowest BCUT2D eigenvalue weighted by Gasteiger charge is -2.13. The third-order valence-electron chi connectivity index (χ3n) is 3.43. The summed E-state index contributed by atoms with van der Waals surface area (Å²) >= 11 is 6.55. The summed E-state index contributed by atoms with van der Waals surface area (Å²) in [6.07, 6.45) is 0. The first-order chi connectivity index (χ1) is 11.5. The zero-order valence-corrected chi connectivity index (χ0v) is 14.6. The van der Waals surface area contributed by atoms with Crippen LogP contribution >= 0.6 is 23.4 Å². The van der Waals surface area contributed by atoms with E-state index in [4.69, 9.17) is 11.6 Å². The van der Waals surface area contributed by atoms with Crippen LogP contribution in [0.25, 0.3) is 0 Å². The zero-order chi connectivity index (χ0) is 17.5. The number of nitrogens with one attached hydrogen (secondary N) is 1. The van der Waals surface area contributed by atoms with Gasteiger partial charge in [0.15, 0.2) is 6.54 Å². The second kappa shape index (κ2) is 9.01. The fraction of sp³-hybridized carbons (Fsp3) is 0.235. The number of nitrogens with two attached hydrogens (primary N) is 1. The number of anilines is 1. The predicted octanol–water partition coefficient (Wildman–Crippen LogP) is 3.92. The largest absolute Gasteiger partial charge is 0.332 e. The van der Waals surface area contributed by atoms with Gasteiger partial charge in [0.1, 0.15) is 6.04 Å². The minimum atomic E-state index is -2.53. The standard InChI is InChI=1S/C17H17ClF2N2OS/c1-11(12-6-2-3-7-13(12)18)21-10-16(23)22-14-8-4-5-9-15(14)24-17(19)20/h2-9,11,17,21H,10H2,1H3,(H,22,23)/p+1/t11-/m0/s1. The number of benzene rings is 2. The number of carbonyl (C=O) groups excluding carboxylic acids is 1. The molecule has 0 aliphatic heterocycles. The number of thioether (sulfide) groups is 1. The molecular formula is C17H18ClF2N2OS+. The van der Waals surface area contributed by atoms with Crippen molar-refractivity contribution >= 4 is 35.0 Å². The first-order valence-electron chi connectivity index (χ1n) is 7.39. The average Bonchev–Trinajstić information content (AvgIpc) is 2.54. The maximum atomic E-state index is 12.5. The minimum Gasteiger partial charge on any atom is -0.332 e. The third kappa shape index (κ3) is 5.47. The SMILES string of the molecule is C[C@H]([NH2+]CC(=O)Nc1ccccc1SC(F)F)c1ccccc1Cl. The summed E-state index contributed by atoms with van der Waals surface area (Å²) in [5.74, 6) is -2.79. The highest BCUT2D eigenvalue weighted by Gasteiger charge is 2.16. The van der Waals surface area contributed by atoms with E-state index in [1.807, 2.05) is 30.4 Å². The smallest absolute Gasteiger partial charge is 0.288 e. The van der Waals surface area contributed by atoms with Crippen molar-refractivity contribution in [2.24, 2.45) is 0 Å². The van der Waals surface area contributed by atoms with Crippen molar-refractivity contribution in [3.05, 3.63) is 59.1 Å². The summed E-state index contributed by atoms with van der Waals surface area (Å²) in [4.78, 5) is 12.4. The molecule has 0 spiro atoms. The van der Waals surface area contributed by atoms with Gasteiger partial charge in [-0.05, 0) is 25.1 Å². The summed E-state index contributed by atoms with van der Waals surface area (Å²) in [7, 11) is 0. The monoisotopic (exact) mass is 371 g/mol. The molecule has 0 bridgehead atoms. The molecule has 0 saturated carbocycles. The molecule has 0 fully saturated rings. The molecule has 0 aromatic heterocycles. The second-order valence-electron chi connectivity index (χ2n) is 5.17. The Hall–Kier alpha value is -1.63. The Bertz CT molecular complexity index is 700. The van der Waals surface area contributed by atoms with E-state index in [1.165, 1.54) is 0 Å². The van der Waals surface area contributed by atoms with Crippen LogP contribution in [-0.2, 0) is 4.79 Å². The fourth-order valence-corrected chi connectivity index (χ4v) is 3.13. The molecule has 0 aliphatic carbocycles. The lowest BCUT2D eigenvalue weighted by molar-refractivity contribution is -0.682. The van der Waals surface area contributed by atoms with Crippen LogP contribution in [0.4, 0.5) is 14.5 Å². The van der Waals surface area contributed by atoms with E-state index < -0.39 is 5.76 Å². The fourth-order valence-electron chi connectivity index (χ4n) is 2.23. The average molecular weight is 372 g/mol. The lowest BCUT2D eigenvalue weighted by atomic mass is 10.1. The van der Waals surface area contributed by atoms with E-state index >= 15 is 0 Å². The highest BCUT2D eigenvalue weighted by molar-refractivity contribution is 7.99. The first-order valence-corrected chi connectivity index (χ1v) is 8.64. The van der Waals surface area contributed by atoms with Crippen LogP contribution in [-0.4, -0.2) is 18.2 Å². The maximum Gasteiger partial charge on any atom is 0.288 e. The minimum absolute atomic E-state index is 0.00938. The Labute approximate surface area is 148 Å². The maximum absolute atomic E-state index is 12.5. The number of halogens is 3. The molecule has 3 N–H and O–H groups in total. The quantitative estimate of drug-likeness (QED) is 0.725. The Morgan fingerprint density at radius 2 is 1.88 bits per heavy atom. The van der Waals surface area contributed by atoms with Crippen molar-refractivity contribution in [2.45, 2.75) is 23.6 Å². The molecule has 0 aliphatic rings. The Morgan fingerprint density at radius 3 is 2.58 bits per heavy atom. The van der Waals surface area contributed by atoms with Gasteiger partial charge in [-0.25, -0.2) is 0 Å². The molecule has 7 heteroatoms. The van der Waals surface area contributed by atoms with Gasteiger partial charge in [-0.15, -0.1) is 0 Å². The molecule has 2 aromatic carbocycles. The van der Waals surface area contributed by atoms with Crippen LogP contribution in [0, 0.1) is 0 Å². The molecular weight excluding hydrogens is 354 g/mol. The Balaban J connectivity index is 1.93. The highest BCUT2D eigenvalue weighted by Crippen LogP contribution is 2.31. The third-order valence-corrected chi connectivity index (χ3v) is 4.56.